The molecule has 0 spiro atoms. The van der Waals surface area contributed by atoms with Crippen molar-refractivity contribution in [2.24, 2.45) is 0 Å². The van der Waals surface area contributed by atoms with Crippen molar-refractivity contribution in [3.8, 4) is 0 Å². The number of carbonyl (C=O) groups excluding carboxylic acids is 1. The van der Waals surface area contributed by atoms with Gasteiger partial charge < -0.3 is 15.4 Å². The summed E-state index contributed by atoms with van der Waals surface area (Å²) in [4.78, 5) is 11.3. The van der Waals surface area contributed by atoms with E-state index in [9.17, 15) is 4.79 Å². The molecule has 1 unspecified atom stereocenters. The fourth-order valence-electron chi connectivity index (χ4n) is 1.32. The van der Waals surface area contributed by atoms with E-state index in [4.69, 9.17) is 4.74 Å². The molecule has 0 radical (unpaired) electrons. The van der Waals surface area contributed by atoms with Crippen molar-refractivity contribution in [3.63, 3.8) is 0 Å². The minimum Gasteiger partial charge on any atom is -0.379 e. The quantitative estimate of drug-likeness (QED) is 0.687. The second-order valence-electron chi connectivity index (χ2n) is 3.74. The van der Waals surface area contributed by atoms with Gasteiger partial charge in [-0.05, 0) is 19.8 Å². The lowest BCUT2D eigenvalue weighted by Crippen LogP contribution is -2.50. The molecule has 0 aromatic carbocycles. The first-order valence-corrected chi connectivity index (χ1v) is 4.80. The number of amides is 2. The maximum absolute atomic E-state index is 11.3. The standard InChI is InChI=1S/C9H18N2O2/c1-3-5-10-8(12)11-9(2)4-6-13-7-9/h3-7H2,1-2H3,(H2,10,11,12). The van der Waals surface area contributed by atoms with E-state index in [1.54, 1.807) is 0 Å². The summed E-state index contributed by atoms with van der Waals surface area (Å²) in [6.07, 6.45) is 1.85. The van der Waals surface area contributed by atoms with Crippen LogP contribution in [0.4, 0.5) is 4.79 Å². The first kappa shape index (κ1) is 10.3. The van der Waals surface area contributed by atoms with Gasteiger partial charge in [-0.25, -0.2) is 4.79 Å². The lowest BCUT2D eigenvalue weighted by atomic mass is 10.0. The van der Waals surface area contributed by atoms with Gasteiger partial charge in [-0.3, -0.25) is 0 Å². The number of hydrogen-bond acceptors (Lipinski definition) is 2. The molecule has 0 bridgehead atoms. The number of urea groups is 1. The highest BCUT2D eigenvalue weighted by molar-refractivity contribution is 5.74. The summed E-state index contributed by atoms with van der Waals surface area (Å²) in [6.45, 7) is 6.12. The van der Waals surface area contributed by atoms with Crippen molar-refractivity contribution in [2.75, 3.05) is 19.8 Å². The molecule has 1 fully saturated rings. The van der Waals surface area contributed by atoms with Crippen molar-refractivity contribution in [2.45, 2.75) is 32.2 Å². The van der Waals surface area contributed by atoms with Crippen LogP contribution < -0.4 is 10.6 Å². The molecule has 1 saturated heterocycles. The second kappa shape index (κ2) is 4.46. The van der Waals surface area contributed by atoms with Crippen LogP contribution in [0.15, 0.2) is 0 Å². The van der Waals surface area contributed by atoms with Gasteiger partial charge in [-0.15, -0.1) is 0 Å². The Morgan fingerprint density at radius 3 is 2.92 bits per heavy atom. The monoisotopic (exact) mass is 186 g/mol. The third kappa shape index (κ3) is 3.22. The van der Waals surface area contributed by atoms with E-state index < -0.39 is 0 Å². The van der Waals surface area contributed by atoms with E-state index >= 15 is 0 Å². The van der Waals surface area contributed by atoms with Crippen LogP contribution in [0.1, 0.15) is 26.7 Å². The molecular weight excluding hydrogens is 168 g/mol. The Morgan fingerprint density at radius 2 is 2.38 bits per heavy atom. The third-order valence-corrected chi connectivity index (χ3v) is 2.17. The molecule has 4 heteroatoms. The Labute approximate surface area is 79.0 Å². The maximum Gasteiger partial charge on any atom is 0.315 e. The summed E-state index contributed by atoms with van der Waals surface area (Å²) < 4.78 is 5.22. The number of rotatable bonds is 3. The van der Waals surface area contributed by atoms with Gasteiger partial charge >= 0.3 is 6.03 Å². The summed E-state index contributed by atoms with van der Waals surface area (Å²) >= 11 is 0. The molecular formula is C9H18N2O2. The van der Waals surface area contributed by atoms with Gasteiger partial charge in [0.1, 0.15) is 0 Å². The third-order valence-electron chi connectivity index (χ3n) is 2.17. The van der Waals surface area contributed by atoms with E-state index in [0.717, 1.165) is 26.0 Å². The van der Waals surface area contributed by atoms with Crippen LogP contribution in [0.3, 0.4) is 0 Å². The molecule has 1 aliphatic heterocycles. The van der Waals surface area contributed by atoms with Crippen LogP contribution >= 0.6 is 0 Å². The Kier molecular flexibility index (Phi) is 3.54. The van der Waals surface area contributed by atoms with Crippen LogP contribution in [0.5, 0.6) is 0 Å². The Bertz CT molecular complexity index is 176. The fourth-order valence-corrected chi connectivity index (χ4v) is 1.32. The Hall–Kier alpha value is -0.770. The van der Waals surface area contributed by atoms with Gasteiger partial charge in [0.15, 0.2) is 0 Å². The topological polar surface area (TPSA) is 50.4 Å². The first-order valence-electron chi connectivity index (χ1n) is 4.80. The van der Waals surface area contributed by atoms with E-state index in [0.29, 0.717) is 6.61 Å². The fraction of sp³-hybridized carbons (Fsp3) is 0.889. The molecule has 0 aliphatic carbocycles. The zero-order valence-electron chi connectivity index (χ0n) is 8.35. The van der Waals surface area contributed by atoms with Gasteiger partial charge in [-0.1, -0.05) is 6.92 Å². The zero-order valence-corrected chi connectivity index (χ0v) is 8.35. The molecule has 1 rings (SSSR count). The molecule has 0 saturated carbocycles. The number of nitrogens with one attached hydrogen (secondary N) is 2. The van der Waals surface area contributed by atoms with Crippen LogP contribution in [-0.4, -0.2) is 31.3 Å². The molecule has 2 amide bonds. The average Bonchev–Trinajstić information content (AvgIpc) is 2.48. The molecule has 13 heavy (non-hydrogen) atoms. The van der Waals surface area contributed by atoms with E-state index in [1.165, 1.54) is 0 Å². The van der Waals surface area contributed by atoms with Gasteiger partial charge in [0.2, 0.25) is 0 Å². The molecule has 0 aromatic heterocycles. The minimum atomic E-state index is -0.169. The largest absolute Gasteiger partial charge is 0.379 e. The second-order valence-corrected chi connectivity index (χ2v) is 3.74. The molecule has 1 atom stereocenters. The van der Waals surface area contributed by atoms with Crippen LogP contribution in [0.25, 0.3) is 0 Å². The van der Waals surface area contributed by atoms with Crippen LogP contribution in [-0.2, 0) is 4.74 Å². The lowest BCUT2D eigenvalue weighted by Gasteiger charge is -2.23. The smallest absolute Gasteiger partial charge is 0.315 e. The van der Waals surface area contributed by atoms with E-state index in [-0.39, 0.29) is 11.6 Å². The van der Waals surface area contributed by atoms with Crippen molar-refractivity contribution in [1.29, 1.82) is 0 Å². The molecule has 2 N–H and O–H groups in total. The van der Waals surface area contributed by atoms with E-state index in [2.05, 4.69) is 10.6 Å². The summed E-state index contributed by atoms with van der Waals surface area (Å²) in [5, 5.41) is 5.69. The molecule has 1 aliphatic rings. The Balaban J connectivity index is 2.26. The molecule has 76 valence electrons. The molecule has 1 heterocycles. The van der Waals surface area contributed by atoms with Crippen molar-refractivity contribution in [3.05, 3.63) is 0 Å². The van der Waals surface area contributed by atoms with Crippen LogP contribution in [0, 0.1) is 0 Å². The normalized spacial score (nSPS) is 27.2. The highest BCUT2D eigenvalue weighted by Gasteiger charge is 2.30. The van der Waals surface area contributed by atoms with E-state index in [1.807, 2.05) is 13.8 Å². The van der Waals surface area contributed by atoms with Gasteiger partial charge in [0.25, 0.3) is 0 Å². The lowest BCUT2D eigenvalue weighted by molar-refractivity contribution is 0.170. The highest BCUT2D eigenvalue weighted by atomic mass is 16.5. The molecule has 4 nitrogen and oxygen atoms in total. The predicted molar refractivity (Wildman–Crippen MR) is 50.7 cm³/mol. The summed E-state index contributed by atoms with van der Waals surface area (Å²) in [6, 6.07) is -0.0881. The Morgan fingerprint density at radius 1 is 1.62 bits per heavy atom. The zero-order chi connectivity index (χ0) is 9.73. The van der Waals surface area contributed by atoms with Crippen LogP contribution in [0.2, 0.25) is 0 Å². The first-order chi connectivity index (χ1) is 6.16. The summed E-state index contributed by atoms with van der Waals surface area (Å²) in [7, 11) is 0. The maximum atomic E-state index is 11.3. The van der Waals surface area contributed by atoms with Crippen molar-refractivity contribution < 1.29 is 9.53 Å². The van der Waals surface area contributed by atoms with Gasteiger partial charge in [-0.2, -0.15) is 0 Å². The minimum absolute atomic E-state index is 0.0881. The SMILES string of the molecule is CCCNC(=O)NC1(C)CCOC1. The average molecular weight is 186 g/mol. The highest BCUT2D eigenvalue weighted by Crippen LogP contribution is 2.16. The van der Waals surface area contributed by atoms with Gasteiger partial charge in [0.05, 0.1) is 12.1 Å². The van der Waals surface area contributed by atoms with Gasteiger partial charge in [0, 0.05) is 13.2 Å². The number of hydrogen-bond donors (Lipinski definition) is 2. The number of carbonyl (C=O) groups is 1. The van der Waals surface area contributed by atoms with Crippen molar-refractivity contribution in [1.82, 2.24) is 10.6 Å². The predicted octanol–water partition coefficient (Wildman–Crippen LogP) is 0.875. The molecule has 0 aromatic rings. The summed E-state index contributed by atoms with van der Waals surface area (Å²) in [5.74, 6) is 0. The number of ether oxygens (including phenoxy) is 1. The van der Waals surface area contributed by atoms with Crippen molar-refractivity contribution >= 4 is 6.03 Å². The summed E-state index contributed by atoms with van der Waals surface area (Å²) in [5.41, 5.74) is -0.169.